The average Bonchev–Trinajstić information content (AvgIpc) is 3.19. The molecule has 1 aromatic carbocycles. The van der Waals surface area contributed by atoms with Gasteiger partial charge in [0.25, 0.3) is 0 Å². The number of aromatic nitrogens is 2. The number of aryl methyl sites for hydroxylation is 2. The molecule has 4 rings (SSSR count). The molecule has 0 aliphatic heterocycles. The molecule has 24 heavy (non-hydrogen) atoms. The lowest BCUT2D eigenvalue weighted by molar-refractivity contribution is -0.122. The zero-order valence-electron chi connectivity index (χ0n) is 13.4. The first-order valence-electron chi connectivity index (χ1n) is 8.09. The maximum absolute atomic E-state index is 12.3. The smallest absolute Gasteiger partial charge is 0.220 e. The van der Waals surface area contributed by atoms with Gasteiger partial charge in [-0.2, -0.15) is 0 Å². The monoisotopic (exact) mass is 341 g/mol. The standard InChI is InChI=1S/C18H19N3O2S/c1-11-9-21-13(10-24-18(21)19-11)6-7-16(23)20-17-14-5-3-2-4-12(14)8-15(17)22/h2-5,9-10,15,17,22H,6-8H2,1H3,(H,20,23)/t15-,17+/m0/s1. The molecule has 0 fully saturated rings. The first-order chi connectivity index (χ1) is 11.6. The maximum atomic E-state index is 12.3. The summed E-state index contributed by atoms with van der Waals surface area (Å²) in [7, 11) is 0. The average molecular weight is 341 g/mol. The summed E-state index contributed by atoms with van der Waals surface area (Å²) < 4.78 is 2.05. The molecular weight excluding hydrogens is 322 g/mol. The number of benzene rings is 1. The van der Waals surface area contributed by atoms with Crippen molar-refractivity contribution in [3.8, 4) is 0 Å². The Balaban J connectivity index is 1.42. The third-order valence-electron chi connectivity index (χ3n) is 4.53. The molecule has 1 aliphatic carbocycles. The summed E-state index contributed by atoms with van der Waals surface area (Å²) in [4.78, 5) is 17.7. The summed E-state index contributed by atoms with van der Waals surface area (Å²) in [5.41, 5.74) is 4.22. The summed E-state index contributed by atoms with van der Waals surface area (Å²) in [6.45, 7) is 1.97. The van der Waals surface area contributed by atoms with E-state index in [0.29, 0.717) is 19.3 Å². The third kappa shape index (κ3) is 2.72. The molecule has 1 amide bonds. The van der Waals surface area contributed by atoms with Gasteiger partial charge in [0.15, 0.2) is 4.96 Å². The van der Waals surface area contributed by atoms with Crippen molar-refractivity contribution >= 4 is 22.2 Å². The zero-order valence-corrected chi connectivity index (χ0v) is 14.2. The van der Waals surface area contributed by atoms with E-state index in [2.05, 4.69) is 15.7 Å². The van der Waals surface area contributed by atoms with Crippen molar-refractivity contribution in [2.24, 2.45) is 0 Å². The number of aliphatic hydroxyl groups excluding tert-OH is 1. The Morgan fingerprint density at radius 2 is 2.29 bits per heavy atom. The van der Waals surface area contributed by atoms with E-state index in [0.717, 1.165) is 27.5 Å². The Kier molecular flexibility index (Phi) is 3.86. The first kappa shape index (κ1) is 15.4. The molecule has 0 spiro atoms. The molecule has 5 nitrogen and oxygen atoms in total. The van der Waals surface area contributed by atoms with Gasteiger partial charge >= 0.3 is 0 Å². The minimum absolute atomic E-state index is 0.0352. The Morgan fingerprint density at radius 3 is 3.17 bits per heavy atom. The Hall–Kier alpha value is -2.18. The molecule has 2 aromatic heterocycles. The number of fused-ring (bicyclic) bond motifs is 2. The Labute approximate surface area is 144 Å². The van der Waals surface area contributed by atoms with Gasteiger partial charge in [0.2, 0.25) is 5.91 Å². The van der Waals surface area contributed by atoms with Gasteiger partial charge in [0.05, 0.1) is 17.8 Å². The second-order valence-electron chi connectivity index (χ2n) is 6.28. The molecule has 2 atom stereocenters. The van der Waals surface area contributed by atoms with Crippen molar-refractivity contribution in [1.82, 2.24) is 14.7 Å². The van der Waals surface area contributed by atoms with Crippen LogP contribution in [0.4, 0.5) is 0 Å². The second-order valence-corrected chi connectivity index (χ2v) is 7.11. The first-order valence-corrected chi connectivity index (χ1v) is 8.97. The lowest BCUT2D eigenvalue weighted by Crippen LogP contribution is -2.34. The van der Waals surface area contributed by atoms with Crippen LogP contribution in [-0.2, 0) is 17.6 Å². The van der Waals surface area contributed by atoms with E-state index in [-0.39, 0.29) is 11.9 Å². The van der Waals surface area contributed by atoms with E-state index >= 15 is 0 Å². The Morgan fingerprint density at radius 1 is 1.46 bits per heavy atom. The summed E-state index contributed by atoms with van der Waals surface area (Å²) in [6, 6.07) is 7.60. The van der Waals surface area contributed by atoms with Crippen molar-refractivity contribution in [2.75, 3.05) is 0 Å². The highest BCUT2D eigenvalue weighted by molar-refractivity contribution is 7.15. The number of carbonyl (C=O) groups is 1. The van der Waals surface area contributed by atoms with E-state index in [4.69, 9.17) is 0 Å². The molecule has 2 heterocycles. The molecule has 124 valence electrons. The van der Waals surface area contributed by atoms with Gasteiger partial charge in [-0.3, -0.25) is 9.20 Å². The zero-order chi connectivity index (χ0) is 16.7. The summed E-state index contributed by atoms with van der Waals surface area (Å²) >= 11 is 1.59. The van der Waals surface area contributed by atoms with Crippen LogP contribution in [0.2, 0.25) is 0 Å². The van der Waals surface area contributed by atoms with Crippen LogP contribution in [-0.4, -0.2) is 26.5 Å². The van der Waals surface area contributed by atoms with Gasteiger partial charge in [-0.05, 0) is 24.5 Å². The lowest BCUT2D eigenvalue weighted by Gasteiger charge is -2.17. The molecule has 0 bridgehead atoms. The number of nitrogens with one attached hydrogen (secondary N) is 1. The van der Waals surface area contributed by atoms with Gasteiger partial charge < -0.3 is 10.4 Å². The molecule has 0 saturated heterocycles. The number of nitrogens with zero attached hydrogens (tertiary/aromatic N) is 2. The van der Waals surface area contributed by atoms with E-state index in [1.165, 1.54) is 0 Å². The van der Waals surface area contributed by atoms with Crippen molar-refractivity contribution in [3.05, 3.63) is 58.4 Å². The minimum atomic E-state index is -0.546. The molecule has 6 heteroatoms. The second kappa shape index (κ2) is 6.03. The van der Waals surface area contributed by atoms with Crippen LogP contribution in [0, 0.1) is 6.92 Å². The fourth-order valence-corrected chi connectivity index (χ4v) is 4.31. The SMILES string of the molecule is Cc1cn2c(CCC(=O)N[C@@H]3c4ccccc4C[C@@H]3O)csc2n1. The van der Waals surface area contributed by atoms with Crippen molar-refractivity contribution in [3.63, 3.8) is 0 Å². The summed E-state index contributed by atoms with van der Waals surface area (Å²) in [5.74, 6) is -0.0352. The van der Waals surface area contributed by atoms with Crippen LogP contribution in [0.15, 0.2) is 35.8 Å². The van der Waals surface area contributed by atoms with Gasteiger partial charge in [-0.15, -0.1) is 11.3 Å². The maximum Gasteiger partial charge on any atom is 0.220 e. The number of amides is 1. The predicted molar refractivity (Wildman–Crippen MR) is 93.2 cm³/mol. The molecule has 0 saturated carbocycles. The fraction of sp³-hybridized carbons (Fsp3) is 0.333. The van der Waals surface area contributed by atoms with Crippen molar-refractivity contribution in [2.45, 2.75) is 38.3 Å². The summed E-state index contributed by atoms with van der Waals surface area (Å²) in [5, 5.41) is 15.3. The highest BCUT2D eigenvalue weighted by Crippen LogP contribution is 2.31. The Bertz CT molecular complexity index is 899. The van der Waals surface area contributed by atoms with Crippen molar-refractivity contribution in [1.29, 1.82) is 0 Å². The molecule has 1 aliphatic rings. The normalized spacial score (nSPS) is 19.6. The van der Waals surface area contributed by atoms with Gasteiger partial charge in [-0.25, -0.2) is 4.98 Å². The highest BCUT2D eigenvalue weighted by atomic mass is 32.1. The van der Waals surface area contributed by atoms with Gasteiger partial charge in [-0.1, -0.05) is 24.3 Å². The largest absolute Gasteiger partial charge is 0.390 e. The molecule has 0 unspecified atom stereocenters. The lowest BCUT2D eigenvalue weighted by atomic mass is 10.1. The number of aliphatic hydroxyl groups is 1. The van der Waals surface area contributed by atoms with Gasteiger partial charge in [0.1, 0.15) is 0 Å². The van der Waals surface area contributed by atoms with E-state index in [9.17, 15) is 9.90 Å². The fourth-order valence-electron chi connectivity index (χ4n) is 3.36. The molecule has 2 N–H and O–H groups in total. The van der Waals surface area contributed by atoms with E-state index in [1.54, 1.807) is 11.3 Å². The highest BCUT2D eigenvalue weighted by Gasteiger charge is 2.31. The molecular formula is C18H19N3O2S. The predicted octanol–water partition coefficient (Wildman–Crippen LogP) is 2.41. The van der Waals surface area contributed by atoms with E-state index in [1.807, 2.05) is 41.8 Å². The molecule has 3 aromatic rings. The number of rotatable bonds is 4. The van der Waals surface area contributed by atoms with E-state index < -0.39 is 6.10 Å². The van der Waals surface area contributed by atoms with Crippen LogP contribution < -0.4 is 5.32 Å². The number of imidazole rings is 1. The van der Waals surface area contributed by atoms with Crippen molar-refractivity contribution < 1.29 is 9.90 Å². The number of thiazole rings is 1. The topological polar surface area (TPSA) is 66.6 Å². The van der Waals surface area contributed by atoms with Gasteiger partial charge in [0, 0.05) is 30.1 Å². The molecule has 0 radical (unpaired) electrons. The van der Waals surface area contributed by atoms with Crippen LogP contribution in [0.3, 0.4) is 0 Å². The van der Waals surface area contributed by atoms with Crippen LogP contribution in [0.25, 0.3) is 4.96 Å². The van der Waals surface area contributed by atoms with Crippen LogP contribution >= 0.6 is 11.3 Å². The number of carbonyl (C=O) groups excluding carboxylic acids is 1. The number of hydrogen-bond acceptors (Lipinski definition) is 4. The summed E-state index contributed by atoms with van der Waals surface area (Å²) in [6.07, 6.45) is 3.10. The third-order valence-corrected chi connectivity index (χ3v) is 5.42. The number of hydrogen-bond donors (Lipinski definition) is 2. The van der Waals surface area contributed by atoms with Crippen LogP contribution in [0.5, 0.6) is 0 Å². The minimum Gasteiger partial charge on any atom is -0.390 e. The quantitative estimate of drug-likeness (QED) is 0.766. The van der Waals surface area contributed by atoms with Crippen LogP contribution in [0.1, 0.15) is 35.0 Å².